The van der Waals surface area contributed by atoms with Gasteiger partial charge < -0.3 is 9.97 Å². The number of H-pyrrole nitrogens is 2. The molecule has 0 radical (unpaired) electrons. The van der Waals surface area contributed by atoms with Crippen molar-refractivity contribution in [1.82, 2.24) is 9.97 Å². The van der Waals surface area contributed by atoms with E-state index in [1.54, 1.807) is 0 Å². The second-order valence-electron chi connectivity index (χ2n) is 5.63. The number of aldehydes is 1. The first-order chi connectivity index (χ1) is 10.8. The molecule has 0 saturated heterocycles. The lowest BCUT2D eigenvalue weighted by atomic mass is 10.1. The van der Waals surface area contributed by atoms with E-state index in [0.717, 1.165) is 44.7 Å². The normalized spacial score (nSPS) is 11.8. The van der Waals surface area contributed by atoms with Gasteiger partial charge in [-0.2, -0.15) is 0 Å². The number of hydrogen-bond acceptors (Lipinski definition) is 1. The summed E-state index contributed by atoms with van der Waals surface area (Å²) >= 11 is 0. The maximum absolute atomic E-state index is 11.3. The molecule has 2 aromatic heterocycles. The minimum atomic E-state index is 0.721. The third-order valence-electron chi connectivity index (χ3n) is 4.41. The minimum absolute atomic E-state index is 0.721. The van der Waals surface area contributed by atoms with Crippen molar-refractivity contribution in [3.8, 4) is 0 Å². The second-order valence-corrected chi connectivity index (χ2v) is 5.63. The van der Waals surface area contributed by atoms with Crippen LogP contribution in [-0.4, -0.2) is 16.3 Å². The lowest BCUT2D eigenvalue weighted by molar-refractivity contribution is 0.112. The van der Waals surface area contributed by atoms with Crippen molar-refractivity contribution in [2.75, 3.05) is 0 Å². The summed E-state index contributed by atoms with van der Waals surface area (Å²) in [6.07, 6.45) is 0.922. The molecule has 0 aliphatic rings. The molecule has 3 heteroatoms. The monoisotopic (exact) mass is 284 g/mol. The molecule has 0 aliphatic carbocycles. The smallest absolute Gasteiger partial charge is 0.150 e. The van der Waals surface area contributed by atoms with Crippen LogP contribution in [0.4, 0.5) is 0 Å². The molecule has 2 N–H and O–H groups in total. The molecular weight excluding hydrogens is 272 g/mol. The van der Waals surface area contributed by atoms with Crippen molar-refractivity contribution in [2.24, 2.45) is 0 Å². The Hall–Kier alpha value is -3.07. The zero-order chi connectivity index (χ0) is 14.7. The first-order valence-electron chi connectivity index (χ1n) is 7.25. The van der Waals surface area contributed by atoms with Crippen molar-refractivity contribution in [3.05, 3.63) is 60.2 Å². The standard InChI is InChI=1S/C19H12N2O/c22-10-11-4-3-7-16-19(11)14-9-17-13(8-18(14)21-16)12-5-1-2-6-15(12)20-17/h1-10,20-21H. The van der Waals surface area contributed by atoms with Crippen LogP contribution in [0.3, 0.4) is 0 Å². The van der Waals surface area contributed by atoms with Crippen LogP contribution in [0.25, 0.3) is 43.6 Å². The van der Waals surface area contributed by atoms with Crippen LogP contribution in [0.2, 0.25) is 0 Å². The number of nitrogens with one attached hydrogen (secondary N) is 2. The highest BCUT2D eigenvalue weighted by molar-refractivity contribution is 6.19. The molecule has 0 aliphatic heterocycles. The Morgan fingerprint density at radius 1 is 0.682 bits per heavy atom. The quantitative estimate of drug-likeness (QED) is 0.428. The van der Waals surface area contributed by atoms with E-state index in [2.05, 4.69) is 40.3 Å². The molecular formula is C19H12N2O. The highest BCUT2D eigenvalue weighted by Crippen LogP contribution is 2.33. The molecule has 5 aromatic rings. The van der Waals surface area contributed by atoms with Crippen LogP contribution in [0.1, 0.15) is 10.4 Å². The van der Waals surface area contributed by atoms with E-state index in [0.29, 0.717) is 0 Å². The van der Waals surface area contributed by atoms with Gasteiger partial charge in [0.15, 0.2) is 6.29 Å². The number of para-hydroxylation sites is 1. The van der Waals surface area contributed by atoms with Crippen LogP contribution in [-0.2, 0) is 0 Å². The number of fused-ring (bicyclic) bond motifs is 6. The third kappa shape index (κ3) is 1.37. The number of hydrogen-bond donors (Lipinski definition) is 2. The summed E-state index contributed by atoms with van der Waals surface area (Å²) in [6.45, 7) is 0. The number of rotatable bonds is 1. The Balaban J connectivity index is 2.03. The molecule has 0 atom stereocenters. The van der Waals surface area contributed by atoms with Gasteiger partial charge in [-0.05, 0) is 24.3 Å². The molecule has 3 aromatic carbocycles. The average Bonchev–Trinajstić information content (AvgIpc) is 3.09. The maximum Gasteiger partial charge on any atom is 0.150 e. The Morgan fingerprint density at radius 3 is 2.32 bits per heavy atom. The maximum atomic E-state index is 11.3. The Kier molecular flexibility index (Phi) is 2.09. The van der Waals surface area contributed by atoms with E-state index < -0.39 is 0 Å². The molecule has 2 heterocycles. The number of carbonyl (C=O) groups is 1. The molecule has 5 rings (SSSR count). The van der Waals surface area contributed by atoms with Crippen molar-refractivity contribution in [2.45, 2.75) is 0 Å². The highest BCUT2D eigenvalue weighted by Gasteiger charge is 2.11. The fraction of sp³-hybridized carbons (Fsp3) is 0. The molecule has 0 spiro atoms. The van der Waals surface area contributed by atoms with Crippen molar-refractivity contribution >= 4 is 49.9 Å². The minimum Gasteiger partial charge on any atom is -0.354 e. The Morgan fingerprint density at radius 2 is 1.41 bits per heavy atom. The molecule has 0 amide bonds. The van der Waals surface area contributed by atoms with Gasteiger partial charge in [0.05, 0.1) is 0 Å². The van der Waals surface area contributed by atoms with Crippen molar-refractivity contribution < 1.29 is 4.79 Å². The van der Waals surface area contributed by atoms with Gasteiger partial charge in [-0.25, -0.2) is 0 Å². The lowest BCUT2D eigenvalue weighted by Gasteiger charge is -1.96. The summed E-state index contributed by atoms with van der Waals surface area (Å²) in [5.74, 6) is 0. The summed E-state index contributed by atoms with van der Waals surface area (Å²) in [5, 5.41) is 4.49. The summed E-state index contributed by atoms with van der Waals surface area (Å²) in [6, 6.07) is 18.4. The van der Waals surface area contributed by atoms with Crippen LogP contribution in [0, 0.1) is 0 Å². The topological polar surface area (TPSA) is 48.6 Å². The highest BCUT2D eigenvalue weighted by atomic mass is 16.1. The Bertz CT molecular complexity index is 1190. The first-order valence-corrected chi connectivity index (χ1v) is 7.25. The second kappa shape index (κ2) is 3.98. The zero-order valence-corrected chi connectivity index (χ0v) is 11.7. The van der Waals surface area contributed by atoms with E-state index in [-0.39, 0.29) is 0 Å². The molecule has 0 bridgehead atoms. The van der Waals surface area contributed by atoms with Crippen LogP contribution in [0.5, 0.6) is 0 Å². The van der Waals surface area contributed by atoms with Crippen molar-refractivity contribution in [1.29, 1.82) is 0 Å². The number of benzene rings is 3. The van der Waals surface area contributed by atoms with Gasteiger partial charge in [-0.1, -0.05) is 30.3 Å². The van der Waals surface area contributed by atoms with Gasteiger partial charge in [-0.15, -0.1) is 0 Å². The van der Waals surface area contributed by atoms with Crippen LogP contribution < -0.4 is 0 Å². The van der Waals surface area contributed by atoms with Gasteiger partial charge in [0.25, 0.3) is 0 Å². The molecule has 0 unspecified atom stereocenters. The first kappa shape index (κ1) is 11.6. The number of aromatic amines is 2. The molecule has 104 valence electrons. The zero-order valence-electron chi connectivity index (χ0n) is 11.7. The van der Waals surface area contributed by atoms with E-state index in [1.165, 1.54) is 10.8 Å². The Labute approximate surface area is 125 Å². The summed E-state index contributed by atoms with van der Waals surface area (Å²) in [5.41, 5.74) is 5.00. The SMILES string of the molecule is O=Cc1cccc2[nH]c3cc4c(cc3c12)[nH]c1ccccc14. The summed E-state index contributed by atoms with van der Waals surface area (Å²) < 4.78 is 0. The van der Waals surface area contributed by atoms with Gasteiger partial charge in [-0.3, -0.25) is 4.79 Å². The van der Waals surface area contributed by atoms with E-state index in [9.17, 15) is 4.79 Å². The summed E-state index contributed by atoms with van der Waals surface area (Å²) in [4.78, 5) is 18.2. The predicted octanol–water partition coefficient (Wildman–Crippen LogP) is 4.77. The third-order valence-corrected chi connectivity index (χ3v) is 4.41. The van der Waals surface area contributed by atoms with Crippen LogP contribution >= 0.6 is 0 Å². The van der Waals surface area contributed by atoms with Gasteiger partial charge in [0.1, 0.15) is 0 Å². The van der Waals surface area contributed by atoms with Gasteiger partial charge in [0.2, 0.25) is 0 Å². The van der Waals surface area contributed by atoms with Gasteiger partial charge >= 0.3 is 0 Å². The fourth-order valence-corrected chi connectivity index (χ4v) is 3.43. The molecule has 22 heavy (non-hydrogen) atoms. The molecule has 0 fully saturated rings. The average molecular weight is 284 g/mol. The largest absolute Gasteiger partial charge is 0.354 e. The van der Waals surface area contributed by atoms with E-state index >= 15 is 0 Å². The molecule has 0 saturated carbocycles. The van der Waals surface area contributed by atoms with E-state index in [1.807, 2.05) is 24.3 Å². The van der Waals surface area contributed by atoms with Gasteiger partial charge in [0, 0.05) is 49.2 Å². The lowest BCUT2D eigenvalue weighted by Crippen LogP contribution is -1.80. The summed E-state index contributed by atoms with van der Waals surface area (Å²) in [7, 11) is 0. The molecule has 3 nitrogen and oxygen atoms in total. The predicted molar refractivity (Wildman–Crippen MR) is 90.6 cm³/mol. The van der Waals surface area contributed by atoms with E-state index in [4.69, 9.17) is 0 Å². The number of aromatic nitrogens is 2. The van der Waals surface area contributed by atoms with Crippen LogP contribution in [0.15, 0.2) is 54.6 Å². The van der Waals surface area contributed by atoms with Crippen molar-refractivity contribution in [3.63, 3.8) is 0 Å². The number of carbonyl (C=O) groups excluding carboxylic acids is 1. The fourth-order valence-electron chi connectivity index (χ4n) is 3.43.